The molecular formula is C15H27N3O. The molecule has 0 unspecified atom stereocenters. The van der Waals surface area contributed by atoms with E-state index in [1.165, 1.54) is 6.42 Å². The van der Waals surface area contributed by atoms with Crippen molar-refractivity contribution in [2.75, 3.05) is 13.1 Å². The van der Waals surface area contributed by atoms with Crippen molar-refractivity contribution in [3.05, 3.63) is 17.5 Å². The molecule has 1 aromatic heterocycles. The number of aromatic nitrogens is 1. The van der Waals surface area contributed by atoms with Gasteiger partial charge in [-0.25, -0.2) is 0 Å². The number of hydrogen-bond donors (Lipinski definition) is 1. The minimum Gasteiger partial charge on any atom is -0.360 e. The first-order valence-corrected chi connectivity index (χ1v) is 7.15. The van der Waals surface area contributed by atoms with Crippen molar-refractivity contribution in [2.24, 2.45) is 5.41 Å². The zero-order valence-electron chi connectivity index (χ0n) is 12.9. The molecule has 1 aliphatic rings. The Balaban J connectivity index is 1.84. The second-order valence-corrected chi connectivity index (χ2v) is 7.51. The molecule has 4 heteroatoms. The maximum atomic E-state index is 5.43. The molecule has 1 aliphatic heterocycles. The summed E-state index contributed by atoms with van der Waals surface area (Å²) in [5.74, 6) is 0.975. The lowest BCUT2D eigenvalue weighted by Crippen LogP contribution is -2.35. The highest BCUT2D eigenvalue weighted by molar-refractivity contribution is 5.06. The highest BCUT2D eigenvalue weighted by atomic mass is 16.5. The van der Waals surface area contributed by atoms with Crippen LogP contribution in [0.1, 0.15) is 52.5 Å². The molecule has 0 bridgehead atoms. The van der Waals surface area contributed by atoms with Crippen molar-refractivity contribution >= 4 is 0 Å². The third-order valence-corrected chi connectivity index (χ3v) is 3.54. The van der Waals surface area contributed by atoms with E-state index < -0.39 is 0 Å². The first-order chi connectivity index (χ1) is 8.73. The molecule has 0 amide bonds. The molecule has 1 fully saturated rings. The number of nitrogens with zero attached hydrogens (tertiary/aromatic N) is 2. The zero-order chi connectivity index (χ0) is 14.1. The molecule has 0 atom stereocenters. The predicted octanol–water partition coefficient (Wildman–Crippen LogP) is 2.79. The van der Waals surface area contributed by atoms with Crippen molar-refractivity contribution in [3.8, 4) is 0 Å². The van der Waals surface area contributed by atoms with Gasteiger partial charge in [-0.3, -0.25) is 4.90 Å². The molecule has 4 nitrogen and oxygen atoms in total. The number of hydrogen-bond acceptors (Lipinski definition) is 4. The van der Waals surface area contributed by atoms with Crippen molar-refractivity contribution in [2.45, 2.75) is 59.7 Å². The van der Waals surface area contributed by atoms with E-state index in [-0.39, 0.29) is 5.54 Å². The lowest BCUT2D eigenvalue weighted by Gasteiger charge is -2.19. The van der Waals surface area contributed by atoms with Gasteiger partial charge in [0.25, 0.3) is 0 Å². The Bertz CT molecular complexity index is 417. The fourth-order valence-electron chi connectivity index (χ4n) is 2.45. The summed E-state index contributed by atoms with van der Waals surface area (Å²) >= 11 is 0. The van der Waals surface area contributed by atoms with Crippen LogP contribution in [-0.4, -0.2) is 28.7 Å². The van der Waals surface area contributed by atoms with Gasteiger partial charge in [-0.1, -0.05) is 19.0 Å². The SMILES string of the molecule is CC1(C)CCN(Cc2cc(CNC(C)(C)C)no2)C1. The molecule has 1 N–H and O–H groups in total. The minimum atomic E-state index is 0.109. The van der Waals surface area contributed by atoms with Crippen molar-refractivity contribution in [3.63, 3.8) is 0 Å². The molecule has 0 radical (unpaired) electrons. The van der Waals surface area contributed by atoms with Gasteiger partial charge < -0.3 is 9.84 Å². The molecule has 108 valence electrons. The van der Waals surface area contributed by atoms with E-state index in [0.29, 0.717) is 5.41 Å². The summed E-state index contributed by atoms with van der Waals surface area (Å²) < 4.78 is 5.43. The van der Waals surface area contributed by atoms with Gasteiger partial charge in [0.2, 0.25) is 0 Å². The highest BCUT2D eigenvalue weighted by Gasteiger charge is 2.29. The summed E-state index contributed by atoms with van der Waals surface area (Å²) in [4.78, 5) is 2.45. The second kappa shape index (κ2) is 5.25. The Hall–Kier alpha value is -0.870. The minimum absolute atomic E-state index is 0.109. The van der Waals surface area contributed by atoms with Gasteiger partial charge in [-0.15, -0.1) is 0 Å². The maximum absolute atomic E-state index is 5.43. The molecule has 1 saturated heterocycles. The van der Waals surface area contributed by atoms with E-state index in [0.717, 1.165) is 37.6 Å². The Morgan fingerprint density at radius 1 is 1.42 bits per heavy atom. The van der Waals surface area contributed by atoms with E-state index in [2.05, 4.69) is 56.1 Å². The molecule has 2 heterocycles. The molecule has 0 aromatic carbocycles. The van der Waals surface area contributed by atoms with Crippen LogP contribution in [0.2, 0.25) is 0 Å². The summed E-state index contributed by atoms with van der Waals surface area (Å²) in [7, 11) is 0. The molecule has 19 heavy (non-hydrogen) atoms. The van der Waals surface area contributed by atoms with E-state index in [1.807, 2.05) is 0 Å². The van der Waals surface area contributed by atoms with Crippen LogP contribution in [0.15, 0.2) is 10.6 Å². The van der Waals surface area contributed by atoms with Crippen LogP contribution in [0.25, 0.3) is 0 Å². The molecule has 0 aliphatic carbocycles. The lowest BCUT2D eigenvalue weighted by atomic mass is 9.93. The summed E-state index contributed by atoms with van der Waals surface area (Å²) in [6.45, 7) is 15.1. The third-order valence-electron chi connectivity index (χ3n) is 3.54. The van der Waals surface area contributed by atoms with Crippen LogP contribution in [0.4, 0.5) is 0 Å². The van der Waals surface area contributed by atoms with Gasteiger partial charge in [0.15, 0.2) is 5.76 Å². The Kier molecular flexibility index (Phi) is 4.02. The molecular weight excluding hydrogens is 238 g/mol. The monoisotopic (exact) mass is 265 g/mol. The van der Waals surface area contributed by atoms with Crippen molar-refractivity contribution in [1.29, 1.82) is 0 Å². The van der Waals surface area contributed by atoms with Gasteiger partial charge in [0.05, 0.1) is 12.2 Å². The second-order valence-electron chi connectivity index (χ2n) is 7.51. The van der Waals surface area contributed by atoms with E-state index in [1.54, 1.807) is 0 Å². The third kappa shape index (κ3) is 4.62. The Morgan fingerprint density at radius 2 is 2.16 bits per heavy atom. The molecule has 1 aromatic rings. The fraction of sp³-hybridized carbons (Fsp3) is 0.800. The normalized spacial score (nSPS) is 20.1. The van der Waals surface area contributed by atoms with Crippen molar-refractivity contribution < 1.29 is 4.52 Å². The zero-order valence-corrected chi connectivity index (χ0v) is 12.9. The summed E-state index contributed by atoms with van der Waals surface area (Å²) in [5, 5.41) is 7.56. The van der Waals surface area contributed by atoms with Gasteiger partial charge in [0.1, 0.15) is 0 Å². The smallest absolute Gasteiger partial charge is 0.151 e. The van der Waals surface area contributed by atoms with Crippen molar-refractivity contribution in [1.82, 2.24) is 15.4 Å². The average molecular weight is 265 g/mol. The van der Waals surface area contributed by atoms with E-state index in [4.69, 9.17) is 4.52 Å². The number of nitrogens with one attached hydrogen (secondary N) is 1. The van der Waals surface area contributed by atoms with Crippen LogP contribution in [0.3, 0.4) is 0 Å². The van der Waals surface area contributed by atoms with Gasteiger partial charge in [-0.05, 0) is 39.2 Å². The number of rotatable bonds is 4. The highest BCUT2D eigenvalue weighted by Crippen LogP contribution is 2.29. The molecule has 0 spiro atoms. The maximum Gasteiger partial charge on any atom is 0.151 e. The summed E-state index contributed by atoms with van der Waals surface area (Å²) in [5.41, 5.74) is 1.54. The van der Waals surface area contributed by atoms with Gasteiger partial charge in [-0.2, -0.15) is 0 Å². The van der Waals surface area contributed by atoms with Crippen LogP contribution >= 0.6 is 0 Å². The molecule has 0 saturated carbocycles. The van der Waals surface area contributed by atoms with Crippen LogP contribution in [0, 0.1) is 5.41 Å². The Labute approximate surface area is 116 Å². The lowest BCUT2D eigenvalue weighted by molar-refractivity contribution is 0.248. The standard InChI is InChI=1S/C15H27N3O/c1-14(2,3)16-9-12-8-13(19-17-12)10-18-7-6-15(4,5)11-18/h8,16H,6-7,9-11H2,1-5H3. The Morgan fingerprint density at radius 3 is 2.74 bits per heavy atom. The molecule has 2 rings (SSSR count). The quantitative estimate of drug-likeness (QED) is 0.909. The first kappa shape index (κ1) is 14.5. The largest absolute Gasteiger partial charge is 0.360 e. The summed E-state index contributed by atoms with van der Waals surface area (Å²) in [6.07, 6.45) is 1.26. The van der Waals surface area contributed by atoms with E-state index >= 15 is 0 Å². The van der Waals surface area contributed by atoms with Crippen LogP contribution < -0.4 is 5.32 Å². The predicted molar refractivity (Wildman–Crippen MR) is 76.8 cm³/mol. The first-order valence-electron chi connectivity index (χ1n) is 7.15. The fourth-order valence-corrected chi connectivity index (χ4v) is 2.45. The van der Waals surface area contributed by atoms with Crippen LogP contribution in [-0.2, 0) is 13.1 Å². The van der Waals surface area contributed by atoms with Gasteiger partial charge in [0, 0.05) is 24.7 Å². The summed E-state index contributed by atoms with van der Waals surface area (Å²) in [6, 6.07) is 2.07. The van der Waals surface area contributed by atoms with E-state index in [9.17, 15) is 0 Å². The van der Waals surface area contributed by atoms with Crippen LogP contribution in [0.5, 0.6) is 0 Å². The van der Waals surface area contributed by atoms with Gasteiger partial charge >= 0.3 is 0 Å². The number of likely N-dealkylation sites (tertiary alicyclic amines) is 1. The average Bonchev–Trinajstić information content (AvgIpc) is 2.82. The topological polar surface area (TPSA) is 41.3 Å².